The summed E-state index contributed by atoms with van der Waals surface area (Å²) in [5.74, 6) is -14.7. The van der Waals surface area contributed by atoms with E-state index < -0.39 is 319 Å². The lowest BCUT2D eigenvalue weighted by molar-refractivity contribution is 0.127. The molecule has 2 fully saturated rings. The van der Waals surface area contributed by atoms with Crippen LogP contribution in [0.1, 0.15) is 166 Å². The molecule has 2 heterocycles. The molecule has 0 saturated carbocycles. The van der Waals surface area contributed by atoms with Crippen molar-refractivity contribution in [2.75, 3.05) is 53.1 Å². The van der Waals surface area contributed by atoms with E-state index in [2.05, 4.69) is 9.73 Å². The highest BCUT2D eigenvalue weighted by atomic mass is 19.1. The van der Waals surface area contributed by atoms with Crippen molar-refractivity contribution in [3.05, 3.63) is 131 Å². The fourth-order valence-corrected chi connectivity index (χ4v) is 3.17. The number of carbonyl (C=O) groups excluding carboxylic acids is 2. The molecule has 62 heavy (non-hydrogen) atoms. The van der Waals surface area contributed by atoms with Gasteiger partial charge < -0.3 is 34.8 Å². The number of benzene rings is 4. The van der Waals surface area contributed by atoms with Gasteiger partial charge in [0.25, 0.3) is 0 Å². The highest BCUT2D eigenvalue weighted by molar-refractivity contribution is 5.74. The number of carbonyl (C=O) groups is 1. The molecule has 0 aliphatic carbocycles. The van der Waals surface area contributed by atoms with Gasteiger partial charge >= 0.3 is 6.03 Å². The second kappa shape index (κ2) is 27.0. The average Bonchev–Trinajstić information content (AvgIpc) is 0.657. The van der Waals surface area contributed by atoms with Gasteiger partial charge in [0, 0.05) is 85.0 Å². The zero-order chi connectivity index (χ0) is 102. The van der Waals surface area contributed by atoms with Gasteiger partial charge in [-0.25, -0.2) is 23.4 Å². The summed E-state index contributed by atoms with van der Waals surface area (Å²) >= 11 is 0. The molecule has 2 saturated heterocycles. The van der Waals surface area contributed by atoms with Gasteiger partial charge in [-0.15, -0.1) is 0 Å². The normalized spacial score (nSPS) is 40.8. The quantitative estimate of drug-likeness (QED) is 0.0855. The summed E-state index contributed by atoms with van der Waals surface area (Å²) in [4.78, 5) is 24.7. The van der Waals surface area contributed by atoms with Crippen molar-refractivity contribution in [1.82, 2.24) is 25.3 Å². The number of urea groups is 1. The topological polar surface area (TPSA) is 98.7 Å². The van der Waals surface area contributed by atoms with E-state index in [0.717, 1.165) is 11.4 Å². The Morgan fingerprint density at radius 3 is 1.76 bits per heavy atom. The van der Waals surface area contributed by atoms with Gasteiger partial charge in [0.05, 0.1) is 56.6 Å². The third-order valence-electron chi connectivity index (χ3n) is 5.53. The molecule has 336 valence electrons. The summed E-state index contributed by atoms with van der Waals surface area (Å²) in [6, 6.07) is -35.8. The number of halogens is 2. The standard InChI is InChI=1S/C25H34FN3O2.C13H19FN2.C12H15NO2/c1-19(2)18-31-24-10-6-20(7-11-24)16-27-25(30)29(23-12-14-28(3)15-13-23)17-21-4-8-22(26)9-5-21;1-16-8-6-13(7-9-16)15-10-11-2-4-12(14)5-3-11;1-10(2)8-15-12-5-3-11(4-6-12)7-13-9-14/h4-11,19,23H,12-18H2,1-3H3,(H,27,30);2-5,13,15H,6-10H2,1H3;3-6,10H,7-8H2,1-2H3/i1D3,2D3,3D3,4D,5D,6D,7D,8D,9D,10D,11D,12D2,13D2,14D2,15D2,16D2,17D2,18D2,19D,23D;1D3,2D,3D,4D,5D,6D2,7D2,8D2,9D2,10D2,13D;1D3,2D3,3D,4D,5D,6D,7D2,8D2,10D. The maximum absolute atomic E-state index is 14.7. The molecule has 4 aromatic rings. The molecule has 10 nitrogen and oxygen atoms in total. The molecule has 6 rings (SSSR count). The van der Waals surface area contributed by atoms with Crippen LogP contribution in [-0.2, 0) is 30.8 Å². The minimum atomic E-state index is -5.03. The van der Waals surface area contributed by atoms with Crippen molar-refractivity contribution >= 4 is 12.1 Å². The first kappa shape index (κ1) is 11.2. The number of isocyanates is 1. The van der Waals surface area contributed by atoms with Gasteiger partial charge in [-0.05, 0) is 148 Å². The summed E-state index contributed by atoms with van der Waals surface area (Å²) < 4.78 is 565. The Balaban J connectivity index is 0.000000448. The van der Waals surface area contributed by atoms with Crippen LogP contribution in [0.25, 0.3) is 0 Å². The lowest BCUT2D eigenvalue weighted by atomic mass is 10.0. The summed E-state index contributed by atoms with van der Waals surface area (Å²) in [6.07, 6.45) is -16.8. The van der Waals surface area contributed by atoms with Crippen molar-refractivity contribution in [2.45, 2.75) is 90.9 Å². The minimum Gasteiger partial charge on any atom is -0.493 e. The molecule has 2 aliphatic rings. The van der Waals surface area contributed by atoms with Gasteiger partial charge in [0.1, 0.15) is 23.1 Å². The van der Waals surface area contributed by atoms with Gasteiger partial charge in [0.2, 0.25) is 6.08 Å². The van der Waals surface area contributed by atoms with E-state index in [4.69, 9.17) is 93.8 Å². The molecule has 0 bridgehead atoms. The Hall–Kier alpha value is -5.13. The molecule has 2 N–H and O–H groups in total. The third-order valence-corrected chi connectivity index (χ3v) is 5.53. The minimum absolute atomic E-state index is 0.704. The monoisotopic (exact) mass is 921 g/mol. The maximum atomic E-state index is 14.7. The summed E-state index contributed by atoms with van der Waals surface area (Å²) in [5.41, 5.74) is -5.94. The summed E-state index contributed by atoms with van der Waals surface area (Å²) in [6.45, 7) is -64.3. The Morgan fingerprint density at radius 2 is 1.26 bits per heavy atom. The van der Waals surface area contributed by atoms with E-state index in [1.54, 1.807) is 0 Å². The largest absolute Gasteiger partial charge is 0.493 e. The lowest BCUT2D eigenvalue weighted by Gasteiger charge is -2.37. The second-order valence-electron chi connectivity index (χ2n) is 9.85. The van der Waals surface area contributed by atoms with E-state index in [9.17, 15) is 19.7 Å². The molecular weight excluding hydrogens is 787 g/mol. The predicted molar refractivity (Wildman–Crippen MR) is 244 cm³/mol. The highest BCUT2D eigenvalue weighted by Gasteiger charge is 2.27. The van der Waals surface area contributed by atoms with Crippen molar-refractivity contribution in [1.29, 1.82) is 0 Å². The summed E-state index contributed by atoms with van der Waals surface area (Å²) in [7, 11) is 0. The zero-order valence-electron chi connectivity index (χ0n) is 96.2. The molecule has 2 aliphatic heterocycles. The maximum Gasteiger partial charge on any atom is 0.318 e. The van der Waals surface area contributed by atoms with E-state index >= 15 is 0 Å². The molecule has 0 radical (unpaired) electrons. The number of rotatable bonds is 16. The second-order valence-corrected chi connectivity index (χ2v) is 9.85. The molecule has 0 aromatic heterocycles. The average molecular weight is 922 g/mol. The number of hydrogen-bond acceptors (Lipinski definition) is 8. The van der Waals surface area contributed by atoms with Crippen molar-refractivity contribution in [3.63, 3.8) is 0 Å². The van der Waals surface area contributed by atoms with Gasteiger partial charge in [0.15, 0.2) is 0 Å². The van der Waals surface area contributed by atoms with Crippen LogP contribution in [0.3, 0.4) is 0 Å². The number of likely N-dealkylation sites (tertiary alicyclic amines) is 2. The zero-order valence-corrected chi connectivity index (χ0v) is 30.2. The van der Waals surface area contributed by atoms with Crippen LogP contribution in [0.15, 0.2) is 102 Å². The number of nitrogens with zero attached hydrogens (tertiary/aromatic N) is 4. The van der Waals surface area contributed by atoms with E-state index in [1.807, 2.05) is 0 Å². The van der Waals surface area contributed by atoms with Crippen LogP contribution in [0, 0.1) is 23.4 Å². The SMILES string of the molecule is [2H]c1c([2H])c(C([2H])([2H])N(C(=O)NC([2H])([2H])c2c([2H])c([2H])c(OC([2H])([2H])C([2H])(C([2H])([2H])[2H])C([2H])([2H])[2H])c([2H])c2[2H])C2([2H])C([2H])([2H])C([2H])([2H])N(C([2H])([2H])[2H])C([2H])([2H])C2([2H])[2H])c([2H])c([2H])c1F.[2H]c1c([2H])c(C([2H])([2H])N=C=O)c([2H])c([2H])c1OC([2H])([2H])C([2H])(C([2H])([2H])[2H])C([2H])([2H])[2H].[2H]c1c([2H])c(C([2H])([2H])NC2([2H])C([2H])([2H])C([2H])([2H])N(C([2H])([2H])[2H])C([2H])([2H])C2([2H])[2H])c([2H])c([2H])c1F. The lowest BCUT2D eigenvalue weighted by Crippen LogP contribution is -2.49. The van der Waals surface area contributed by atoms with Crippen molar-refractivity contribution in [2.24, 2.45) is 16.8 Å². The predicted octanol–water partition coefficient (Wildman–Crippen LogP) is 9.23. The molecule has 4 aromatic carbocycles. The number of piperidine rings is 2. The van der Waals surface area contributed by atoms with Crippen molar-refractivity contribution < 1.29 is 118 Å². The van der Waals surface area contributed by atoms with E-state index in [0.29, 0.717) is 0 Å². The first-order chi connectivity index (χ1) is 55.8. The van der Waals surface area contributed by atoms with Crippen LogP contribution in [0.2, 0.25) is 0 Å². The van der Waals surface area contributed by atoms with Crippen LogP contribution in [-0.4, -0.2) is 91.9 Å². The number of ether oxygens (including phenoxy) is 2. The Labute approximate surface area is 461 Å². The Morgan fingerprint density at radius 1 is 0.790 bits per heavy atom. The Bertz CT molecular complexity index is 4810. The number of aliphatic imine (C=N–C) groups is 1. The molecular formula is C50H68F2N6O4. The molecule has 0 unspecified atom stereocenters. The summed E-state index contributed by atoms with van der Waals surface area (Å²) in [5, 5.41) is 2.59. The first-order valence-corrected chi connectivity index (χ1v) is 15.6. The van der Waals surface area contributed by atoms with Crippen molar-refractivity contribution in [3.8, 4) is 11.5 Å². The molecule has 12 heteroatoms. The van der Waals surface area contributed by atoms with Gasteiger partial charge in [-0.3, -0.25) is 0 Å². The van der Waals surface area contributed by atoms with Gasteiger partial charge in [-0.2, -0.15) is 0 Å². The van der Waals surface area contributed by atoms with Crippen LogP contribution in [0.4, 0.5) is 13.6 Å². The highest BCUT2D eigenvalue weighted by Crippen LogP contribution is 2.20. The number of hydrogen-bond donors (Lipinski definition) is 2. The molecule has 2 amide bonds. The number of amides is 2. The van der Waals surface area contributed by atoms with Crippen LogP contribution < -0.4 is 20.1 Å². The third kappa shape index (κ3) is 19.3. The molecule has 0 spiro atoms. The molecule has 0 atom stereocenters. The Kier molecular flexibility index (Phi) is 4.89. The van der Waals surface area contributed by atoms with Crippen LogP contribution in [0.5, 0.6) is 11.5 Å². The van der Waals surface area contributed by atoms with E-state index in [1.165, 1.54) is 5.32 Å². The van der Waals surface area contributed by atoms with Gasteiger partial charge in [-0.1, -0.05) is 75.7 Å². The number of nitrogens with one attached hydrogen (secondary N) is 2. The fourth-order valence-electron chi connectivity index (χ4n) is 3.17. The first-order valence-electron chi connectivity index (χ1n) is 48.6. The fraction of sp³-hybridized carbons (Fsp3) is 0.480. The smallest absolute Gasteiger partial charge is 0.318 e. The van der Waals surface area contributed by atoms with E-state index in [-0.39, 0.29) is 0 Å². The van der Waals surface area contributed by atoms with Crippen LogP contribution >= 0.6 is 0 Å².